The molecule has 4 nitrogen and oxygen atoms in total. The van der Waals surface area contributed by atoms with E-state index < -0.39 is 0 Å². The summed E-state index contributed by atoms with van der Waals surface area (Å²) >= 11 is 0. The molecule has 2 heterocycles. The zero-order valence-electron chi connectivity index (χ0n) is 13.3. The smallest absolute Gasteiger partial charge is 0.132 e. The Morgan fingerprint density at radius 3 is 2.59 bits per heavy atom. The molecule has 0 N–H and O–H groups in total. The van der Waals surface area contributed by atoms with E-state index in [0.717, 1.165) is 30.9 Å². The molecule has 0 spiro atoms. The van der Waals surface area contributed by atoms with E-state index >= 15 is 0 Å². The third-order valence-corrected chi connectivity index (χ3v) is 3.92. The number of aryl methyl sites for hydroxylation is 1. The highest BCUT2D eigenvalue weighted by Gasteiger charge is 2.24. The number of ether oxygens (including phenoxy) is 1. The van der Waals surface area contributed by atoms with Gasteiger partial charge >= 0.3 is 0 Å². The molecule has 1 aromatic carbocycles. The van der Waals surface area contributed by atoms with Gasteiger partial charge in [-0.25, -0.2) is 4.39 Å². The zero-order valence-corrected chi connectivity index (χ0v) is 13.3. The summed E-state index contributed by atoms with van der Waals surface area (Å²) in [5, 5.41) is 4.46. The summed E-state index contributed by atoms with van der Waals surface area (Å²) in [6.45, 7) is 6.70. The number of halogens is 1. The second-order valence-electron chi connectivity index (χ2n) is 6.11. The normalized spacial score (nSPS) is 22.9. The average molecular weight is 303 g/mol. The lowest BCUT2D eigenvalue weighted by Gasteiger charge is -2.35. The van der Waals surface area contributed by atoms with E-state index in [2.05, 4.69) is 23.8 Å². The number of morpholine rings is 1. The van der Waals surface area contributed by atoms with Crippen LogP contribution in [-0.2, 0) is 18.3 Å². The van der Waals surface area contributed by atoms with Crippen LogP contribution in [0.4, 0.5) is 4.39 Å². The molecule has 2 aromatic rings. The molecule has 0 bridgehead atoms. The second-order valence-corrected chi connectivity index (χ2v) is 6.11. The maximum Gasteiger partial charge on any atom is 0.132 e. The van der Waals surface area contributed by atoms with Crippen molar-refractivity contribution in [1.82, 2.24) is 14.7 Å². The van der Waals surface area contributed by atoms with Crippen molar-refractivity contribution in [2.24, 2.45) is 7.05 Å². The van der Waals surface area contributed by atoms with Crippen molar-refractivity contribution < 1.29 is 9.13 Å². The first-order valence-corrected chi connectivity index (χ1v) is 7.68. The Hall–Kier alpha value is -1.72. The molecule has 1 aromatic heterocycles. The van der Waals surface area contributed by atoms with Crippen LogP contribution in [0.25, 0.3) is 11.3 Å². The van der Waals surface area contributed by atoms with E-state index in [4.69, 9.17) is 4.74 Å². The molecule has 22 heavy (non-hydrogen) atoms. The number of benzene rings is 1. The topological polar surface area (TPSA) is 30.3 Å². The largest absolute Gasteiger partial charge is 0.373 e. The zero-order chi connectivity index (χ0) is 15.7. The number of nitrogens with zero attached hydrogens (tertiary/aromatic N) is 3. The summed E-state index contributed by atoms with van der Waals surface area (Å²) in [5.74, 6) is -0.230. The predicted octanol–water partition coefficient (Wildman–Crippen LogP) is 2.84. The van der Waals surface area contributed by atoms with Crippen molar-refractivity contribution >= 4 is 0 Å². The van der Waals surface area contributed by atoms with Crippen molar-refractivity contribution in [3.8, 4) is 11.3 Å². The summed E-state index contributed by atoms with van der Waals surface area (Å²) in [7, 11) is 1.87. The van der Waals surface area contributed by atoms with Crippen LogP contribution >= 0.6 is 0 Å². The molecule has 1 aliphatic heterocycles. The lowest BCUT2D eigenvalue weighted by atomic mass is 10.1. The van der Waals surface area contributed by atoms with Gasteiger partial charge in [-0.3, -0.25) is 9.58 Å². The van der Waals surface area contributed by atoms with Gasteiger partial charge in [-0.2, -0.15) is 5.10 Å². The standard InChI is InChI=1S/C17H22FN3O/c1-12-8-21(9-13(2)22-12)11-14-10-20(3)19-17(14)15-6-4-5-7-16(15)18/h4-7,10,12-13H,8-9,11H2,1-3H3/t12-,13+. The van der Waals surface area contributed by atoms with Gasteiger partial charge < -0.3 is 4.74 Å². The van der Waals surface area contributed by atoms with Crippen LogP contribution in [0.2, 0.25) is 0 Å². The SMILES string of the molecule is C[C@@H]1CN(Cc2cn(C)nc2-c2ccccc2F)C[C@H](C)O1. The summed E-state index contributed by atoms with van der Waals surface area (Å²) < 4.78 is 21.6. The lowest BCUT2D eigenvalue weighted by molar-refractivity contribution is -0.0704. The van der Waals surface area contributed by atoms with Gasteiger partial charge in [0.2, 0.25) is 0 Å². The fourth-order valence-corrected chi connectivity index (χ4v) is 3.19. The van der Waals surface area contributed by atoms with Crippen molar-refractivity contribution in [3.63, 3.8) is 0 Å². The van der Waals surface area contributed by atoms with Crippen LogP contribution in [0.5, 0.6) is 0 Å². The van der Waals surface area contributed by atoms with Crippen LogP contribution in [0.15, 0.2) is 30.5 Å². The molecule has 0 unspecified atom stereocenters. The summed E-state index contributed by atoms with van der Waals surface area (Å²) in [4.78, 5) is 2.35. The minimum Gasteiger partial charge on any atom is -0.373 e. The van der Waals surface area contributed by atoms with Crippen molar-refractivity contribution in [1.29, 1.82) is 0 Å². The first kappa shape index (κ1) is 15.2. The predicted molar refractivity (Wildman–Crippen MR) is 83.9 cm³/mol. The molecule has 1 aliphatic rings. The fraction of sp³-hybridized carbons (Fsp3) is 0.471. The summed E-state index contributed by atoms with van der Waals surface area (Å²) in [6, 6.07) is 6.81. The third kappa shape index (κ3) is 3.20. The van der Waals surface area contributed by atoms with E-state index in [0.29, 0.717) is 5.56 Å². The highest BCUT2D eigenvalue weighted by Crippen LogP contribution is 2.26. The number of rotatable bonds is 3. The lowest BCUT2D eigenvalue weighted by Crippen LogP contribution is -2.44. The van der Waals surface area contributed by atoms with Crippen LogP contribution in [0.1, 0.15) is 19.4 Å². The highest BCUT2D eigenvalue weighted by atomic mass is 19.1. The summed E-state index contributed by atoms with van der Waals surface area (Å²) in [6.07, 6.45) is 2.42. The molecule has 1 fully saturated rings. The number of hydrogen-bond acceptors (Lipinski definition) is 3. The van der Waals surface area contributed by atoms with Crippen molar-refractivity contribution in [2.45, 2.75) is 32.6 Å². The third-order valence-electron chi connectivity index (χ3n) is 3.92. The van der Waals surface area contributed by atoms with Gasteiger partial charge in [0.05, 0.1) is 17.9 Å². The average Bonchev–Trinajstić information content (AvgIpc) is 2.78. The highest BCUT2D eigenvalue weighted by molar-refractivity contribution is 5.63. The van der Waals surface area contributed by atoms with Gasteiger partial charge in [0, 0.05) is 44.0 Å². The first-order chi connectivity index (χ1) is 10.5. The second kappa shape index (κ2) is 6.18. The molecule has 5 heteroatoms. The molecular weight excluding hydrogens is 281 g/mol. The van der Waals surface area contributed by atoms with Gasteiger partial charge in [-0.05, 0) is 26.0 Å². The Bertz CT molecular complexity index is 645. The fourth-order valence-electron chi connectivity index (χ4n) is 3.19. The van der Waals surface area contributed by atoms with Gasteiger partial charge in [0.25, 0.3) is 0 Å². The van der Waals surface area contributed by atoms with Crippen LogP contribution in [0.3, 0.4) is 0 Å². The molecule has 3 rings (SSSR count). The Balaban J connectivity index is 1.87. The number of aromatic nitrogens is 2. The Morgan fingerprint density at radius 1 is 1.23 bits per heavy atom. The van der Waals surface area contributed by atoms with Gasteiger partial charge in [-0.1, -0.05) is 12.1 Å². The molecule has 0 radical (unpaired) electrons. The Morgan fingerprint density at radius 2 is 1.91 bits per heavy atom. The van der Waals surface area contributed by atoms with Crippen LogP contribution in [0, 0.1) is 5.82 Å². The summed E-state index contributed by atoms with van der Waals surface area (Å²) in [5.41, 5.74) is 2.34. The van der Waals surface area contributed by atoms with Crippen molar-refractivity contribution in [3.05, 3.63) is 41.8 Å². The van der Waals surface area contributed by atoms with Gasteiger partial charge in [0.1, 0.15) is 5.82 Å². The molecule has 0 aliphatic carbocycles. The minimum atomic E-state index is -0.230. The monoisotopic (exact) mass is 303 g/mol. The number of hydrogen-bond donors (Lipinski definition) is 0. The maximum atomic E-state index is 14.1. The maximum absolute atomic E-state index is 14.1. The van der Waals surface area contributed by atoms with E-state index in [1.54, 1.807) is 16.8 Å². The Kier molecular flexibility index (Phi) is 4.27. The molecule has 118 valence electrons. The van der Waals surface area contributed by atoms with Gasteiger partial charge in [-0.15, -0.1) is 0 Å². The van der Waals surface area contributed by atoms with E-state index in [-0.39, 0.29) is 18.0 Å². The molecule has 1 saturated heterocycles. The molecular formula is C17H22FN3O. The molecule has 2 atom stereocenters. The molecule has 0 saturated carbocycles. The van der Waals surface area contributed by atoms with Gasteiger partial charge in [0.15, 0.2) is 0 Å². The van der Waals surface area contributed by atoms with Crippen LogP contribution in [-0.4, -0.2) is 40.0 Å². The van der Waals surface area contributed by atoms with E-state index in [1.165, 1.54) is 6.07 Å². The first-order valence-electron chi connectivity index (χ1n) is 7.68. The minimum absolute atomic E-state index is 0.220. The van der Waals surface area contributed by atoms with Crippen molar-refractivity contribution in [2.75, 3.05) is 13.1 Å². The molecule has 0 amide bonds. The van der Waals surface area contributed by atoms with Crippen LogP contribution < -0.4 is 0 Å². The Labute approximate surface area is 130 Å². The van der Waals surface area contributed by atoms with E-state index in [1.807, 2.05) is 19.3 Å². The van der Waals surface area contributed by atoms with E-state index in [9.17, 15) is 4.39 Å². The quantitative estimate of drug-likeness (QED) is 0.873.